The molecule has 0 atom stereocenters. The third-order valence-electron chi connectivity index (χ3n) is 3.95. The van der Waals surface area contributed by atoms with Gasteiger partial charge in [0.15, 0.2) is 0 Å². The number of carbonyl (C=O) groups is 1. The lowest BCUT2D eigenvalue weighted by Gasteiger charge is -2.33. The highest BCUT2D eigenvalue weighted by Crippen LogP contribution is 2.28. The lowest BCUT2D eigenvalue weighted by atomic mass is 9.89. The van der Waals surface area contributed by atoms with Crippen LogP contribution in [0, 0.1) is 5.82 Å². The van der Waals surface area contributed by atoms with Crippen LogP contribution in [0.5, 0.6) is 0 Å². The largest absolute Gasteiger partial charge is 0.391 e. The number of nitrogens with one attached hydrogen (secondary N) is 1. The van der Waals surface area contributed by atoms with E-state index in [1.807, 2.05) is 0 Å². The molecule has 2 rings (SSSR count). The van der Waals surface area contributed by atoms with E-state index in [0.717, 1.165) is 38.5 Å². The van der Waals surface area contributed by atoms with Gasteiger partial charge in [-0.3, -0.25) is 4.79 Å². The predicted molar refractivity (Wildman–Crippen MR) is 88.8 cm³/mol. The van der Waals surface area contributed by atoms with E-state index < -0.39 is 11.4 Å². The summed E-state index contributed by atoms with van der Waals surface area (Å²) in [5, 5.41) is 2.95. The van der Waals surface area contributed by atoms with Crippen molar-refractivity contribution in [2.75, 3.05) is 0 Å². The summed E-state index contributed by atoms with van der Waals surface area (Å²) in [7, 11) is 0. The minimum Gasteiger partial charge on any atom is -0.391 e. The second kappa shape index (κ2) is 6.83. The van der Waals surface area contributed by atoms with Crippen LogP contribution < -0.4 is 11.1 Å². The van der Waals surface area contributed by atoms with Crippen LogP contribution in [0.25, 0.3) is 0 Å². The van der Waals surface area contributed by atoms with E-state index >= 15 is 0 Å². The van der Waals surface area contributed by atoms with Gasteiger partial charge in [-0.1, -0.05) is 37.9 Å². The highest BCUT2D eigenvalue weighted by Gasteiger charge is 2.36. The molecule has 6 heteroatoms. The van der Waals surface area contributed by atoms with Gasteiger partial charge in [0.05, 0.1) is 16.1 Å². The van der Waals surface area contributed by atoms with Crippen LogP contribution in [0.3, 0.4) is 0 Å². The molecule has 1 amide bonds. The Hall–Kier alpha value is -1.01. The van der Waals surface area contributed by atoms with Crippen LogP contribution >= 0.6 is 28.1 Å². The molecule has 0 spiro atoms. The van der Waals surface area contributed by atoms with Gasteiger partial charge in [0.1, 0.15) is 5.82 Å². The number of hydrogen-bond acceptors (Lipinski definition) is 2. The Bertz CT molecular complexity index is 557. The summed E-state index contributed by atoms with van der Waals surface area (Å²) in [6.07, 6.45) is 5.65. The first-order valence-electron chi connectivity index (χ1n) is 7.02. The van der Waals surface area contributed by atoms with Crippen molar-refractivity contribution in [3.8, 4) is 0 Å². The summed E-state index contributed by atoms with van der Waals surface area (Å²) in [4.78, 5) is 12.8. The van der Waals surface area contributed by atoms with Gasteiger partial charge in [-0.05, 0) is 47.0 Å². The molecule has 0 radical (unpaired) electrons. The van der Waals surface area contributed by atoms with Crippen LogP contribution in [0.15, 0.2) is 22.7 Å². The van der Waals surface area contributed by atoms with E-state index in [9.17, 15) is 9.18 Å². The quantitative estimate of drug-likeness (QED) is 0.628. The molecule has 0 bridgehead atoms. The number of thiocarbonyl (C=S) groups is 1. The van der Waals surface area contributed by atoms with Gasteiger partial charge in [0.2, 0.25) is 0 Å². The topological polar surface area (TPSA) is 55.1 Å². The van der Waals surface area contributed by atoms with E-state index in [1.54, 1.807) is 0 Å². The van der Waals surface area contributed by atoms with Gasteiger partial charge in [0.25, 0.3) is 5.91 Å². The fourth-order valence-electron chi connectivity index (χ4n) is 2.72. The standard InChI is InChI=1S/C15H18BrFN2OS/c16-12-6-5-10(17)9-11(12)13(20)19-15(14(18)21)7-3-1-2-4-8-15/h5-6,9H,1-4,7-8H2,(H2,18,21)(H,19,20). The molecule has 0 aliphatic heterocycles. The number of amides is 1. The third kappa shape index (κ3) is 3.80. The lowest BCUT2D eigenvalue weighted by Crippen LogP contribution is -2.56. The SMILES string of the molecule is NC(=S)C1(NC(=O)c2cc(F)ccc2Br)CCCCCC1. The Labute approximate surface area is 137 Å². The monoisotopic (exact) mass is 372 g/mol. The molecule has 3 N–H and O–H groups in total. The first-order valence-corrected chi connectivity index (χ1v) is 8.22. The van der Waals surface area contributed by atoms with Crippen molar-refractivity contribution in [1.82, 2.24) is 5.32 Å². The predicted octanol–water partition coefficient (Wildman–Crippen LogP) is 3.70. The molecule has 0 unspecified atom stereocenters. The van der Waals surface area contributed by atoms with Gasteiger partial charge < -0.3 is 11.1 Å². The van der Waals surface area contributed by atoms with E-state index in [1.165, 1.54) is 18.2 Å². The smallest absolute Gasteiger partial charge is 0.253 e. The van der Waals surface area contributed by atoms with E-state index in [-0.39, 0.29) is 11.5 Å². The minimum atomic E-state index is -0.658. The van der Waals surface area contributed by atoms with Gasteiger partial charge in [-0.25, -0.2) is 4.39 Å². The summed E-state index contributed by atoms with van der Waals surface area (Å²) >= 11 is 8.47. The van der Waals surface area contributed by atoms with Crippen molar-refractivity contribution >= 4 is 39.0 Å². The Balaban J connectivity index is 2.26. The summed E-state index contributed by atoms with van der Waals surface area (Å²) in [6.45, 7) is 0. The molecule has 1 aromatic rings. The molecule has 0 saturated heterocycles. The number of carbonyl (C=O) groups excluding carboxylic acids is 1. The molecule has 1 aliphatic carbocycles. The molecule has 21 heavy (non-hydrogen) atoms. The van der Waals surface area contributed by atoms with Gasteiger partial charge >= 0.3 is 0 Å². The Morgan fingerprint density at radius 3 is 2.48 bits per heavy atom. The average molecular weight is 373 g/mol. The number of benzene rings is 1. The average Bonchev–Trinajstić information content (AvgIpc) is 2.68. The van der Waals surface area contributed by atoms with Crippen molar-refractivity contribution in [2.45, 2.75) is 44.1 Å². The van der Waals surface area contributed by atoms with Crippen LogP contribution in [0.2, 0.25) is 0 Å². The second-order valence-corrected chi connectivity index (χ2v) is 6.73. The van der Waals surface area contributed by atoms with E-state index in [4.69, 9.17) is 18.0 Å². The van der Waals surface area contributed by atoms with Gasteiger partial charge in [-0.2, -0.15) is 0 Å². The van der Waals surface area contributed by atoms with Crippen LogP contribution in [0.4, 0.5) is 4.39 Å². The maximum atomic E-state index is 13.4. The molecule has 114 valence electrons. The summed E-state index contributed by atoms with van der Waals surface area (Å²) < 4.78 is 13.9. The van der Waals surface area contributed by atoms with Gasteiger partial charge in [0, 0.05) is 4.47 Å². The van der Waals surface area contributed by atoms with Crippen LogP contribution in [-0.2, 0) is 0 Å². The normalized spacial score (nSPS) is 17.8. The highest BCUT2D eigenvalue weighted by molar-refractivity contribution is 9.10. The fourth-order valence-corrected chi connectivity index (χ4v) is 3.40. The number of nitrogens with two attached hydrogens (primary N) is 1. The van der Waals surface area contributed by atoms with Crippen molar-refractivity contribution in [3.63, 3.8) is 0 Å². The summed E-state index contributed by atoms with van der Waals surface area (Å²) in [5.74, 6) is -0.801. The Kier molecular flexibility index (Phi) is 5.32. The van der Waals surface area contributed by atoms with Gasteiger partial charge in [-0.15, -0.1) is 0 Å². The molecule has 0 heterocycles. The maximum Gasteiger partial charge on any atom is 0.253 e. The van der Waals surface area contributed by atoms with Crippen LogP contribution in [-0.4, -0.2) is 16.4 Å². The first kappa shape index (κ1) is 16.4. The Morgan fingerprint density at radius 1 is 1.29 bits per heavy atom. The molecule has 1 fully saturated rings. The highest BCUT2D eigenvalue weighted by atomic mass is 79.9. The maximum absolute atomic E-state index is 13.4. The molecule has 1 saturated carbocycles. The number of rotatable bonds is 3. The zero-order chi connectivity index (χ0) is 15.5. The molecular formula is C15H18BrFN2OS. The zero-order valence-electron chi connectivity index (χ0n) is 11.6. The fraction of sp³-hybridized carbons (Fsp3) is 0.467. The Morgan fingerprint density at radius 2 is 1.90 bits per heavy atom. The van der Waals surface area contributed by atoms with E-state index in [0.29, 0.717) is 9.46 Å². The minimum absolute atomic E-state index is 0.259. The number of halogens is 2. The van der Waals surface area contributed by atoms with Crippen molar-refractivity contribution in [3.05, 3.63) is 34.1 Å². The molecule has 1 aromatic carbocycles. The second-order valence-electron chi connectivity index (χ2n) is 5.44. The number of hydrogen-bond donors (Lipinski definition) is 2. The molecule has 3 nitrogen and oxygen atoms in total. The summed E-state index contributed by atoms with van der Waals surface area (Å²) in [5.41, 5.74) is 5.50. The van der Waals surface area contributed by atoms with Crippen molar-refractivity contribution in [1.29, 1.82) is 0 Å². The lowest BCUT2D eigenvalue weighted by molar-refractivity contribution is 0.0916. The molecule has 1 aliphatic rings. The van der Waals surface area contributed by atoms with Crippen LogP contribution in [0.1, 0.15) is 48.9 Å². The third-order valence-corrected chi connectivity index (χ3v) is 5.04. The molecule has 0 aromatic heterocycles. The molecular weight excluding hydrogens is 355 g/mol. The van der Waals surface area contributed by atoms with Crippen molar-refractivity contribution < 1.29 is 9.18 Å². The van der Waals surface area contributed by atoms with E-state index in [2.05, 4.69) is 21.2 Å². The summed E-state index contributed by atoms with van der Waals surface area (Å²) in [6, 6.07) is 4.03. The zero-order valence-corrected chi connectivity index (χ0v) is 14.0. The van der Waals surface area contributed by atoms with Crippen molar-refractivity contribution in [2.24, 2.45) is 5.73 Å². The first-order chi connectivity index (χ1) is 9.94.